The maximum absolute atomic E-state index is 9.56. The van der Waals surface area contributed by atoms with Crippen LogP contribution < -0.4 is 0 Å². The number of rotatable bonds is 0. The van der Waals surface area contributed by atoms with Gasteiger partial charge in [0, 0.05) is 0 Å². The molecule has 0 aromatic carbocycles. The first-order valence-corrected chi connectivity index (χ1v) is 2.95. The van der Waals surface area contributed by atoms with Crippen molar-refractivity contribution in [3.8, 4) is 0 Å². The molecule has 0 aliphatic carbocycles. The molecule has 0 aliphatic rings. The molecule has 0 N–H and O–H groups in total. The van der Waals surface area contributed by atoms with E-state index in [2.05, 4.69) is 0 Å². The van der Waals surface area contributed by atoms with Crippen LogP contribution in [-0.2, 0) is 11.2 Å². The van der Waals surface area contributed by atoms with Gasteiger partial charge in [-0.3, -0.25) is 0 Å². The van der Waals surface area contributed by atoms with Crippen molar-refractivity contribution in [2.75, 3.05) is 12.5 Å². The van der Waals surface area contributed by atoms with E-state index in [0.29, 0.717) is 0 Å². The summed E-state index contributed by atoms with van der Waals surface area (Å²) in [7, 11) is 0. The van der Waals surface area contributed by atoms with Gasteiger partial charge in [0.25, 0.3) is 0 Å². The summed E-state index contributed by atoms with van der Waals surface area (Å²) < 4.78 is 9.56. The molecule has 0 bridgehead atoms. The van der Waals surface area contributed by atoms with Crippen molar-refractivity contribution in [2.45, 2.75) is 0 Å². The second kappa shape index (κ2) is 4.83. The molecule has 0 saturated heterocycles. The molecule has 0 unspecified atom stereocenters. The van der Waals surface area contributed by atoms with Gasteiger partial charge in [-0.2, -0.15) is 0 Å². The SMILES string of the molecule is C[S+](C)[O-].[SeH2]. The van der Waals surface area contributed by atoms with Crippen LogP contribution in [0.5, 0.6) is 0 Å². The van der Waals surface area contributed by atoms with Crippen LogP contribution in [-0.4, -0.2) is 34.1 Å². The molecule has 0 atom stereocenters. The van der Waals surface area contributed by atoms with Gasteiger partial charge in [0.1, 0.15) is 0 Å². The van der Waals surface area contributed by atoms with Gasteiger partial charge in [-0.05, 0) is 0 Å². The summed E-state index contributed by atoms with van der Waals surface area (Å²) in [6.07, 6.45) is 3.28. The molecular formula is C2H8OSSe. The van der Waals surface area contributed by atoms with Gasteiger partial charge in [-0.1, -0.05) is 11.2 Å². The Bertz CT molecular complexity index is 14.4. The fraction of sp³-hybridized carbons (Fsp3) is 1.00. The number of hydrogen-bond acceptors (Lipinski definition) is 1. The van der Waals surface area contributed by atoms with E-state index >= 15 is 0 Å². The molecule has 0 spiro atoms. The first-order chi connectivity index (χ1) is 1.73. The van der Waals surface area contributed by atoms with E-state index in [1.807, 2.05) is 0 Å². The third-order valence-corrected chi connectivity index (χ3v) is 0. The average molecular weight is 159 g/mol. The molecule has 5 heavy (non-hydrogen) atoms. The van der Waals surface area contributed by atoms with Crippen LogP contribution in [0, 0.1) is 0 Å². The van der Waals surface area contributed by atoms with E-state index in [-0.39, 0.29) is 17.1 Å². The summed E-state index contributed by atoms with van der Waals surface area (Å²) >= 11 is -0.611. The Morgan fingerprint density at radius 3 is 1.40 bits per heavy atom. The molecule has 0 saturated carbocycles. The Balaban J connectivity index is 0. The fourth-order valence-electron chi connectivity index (χ4n) is 0. The Kier molecular flexibility index (Phi) is 8.96. The van der Waals surface area contributed by atoms with E-state index < -0.39 is 11.2 Å². The van der Waals surface area contributed by atoms with Crippen LogP contribution in [0.3, 0.4) is 0 Å². The van der Waals surface area contributed by atoms with E-state index in [4.69, 9.17) is 0 Å². The molecule has 0 fully saturated rings. The third kappa shape index (κ3) is 56.2. The molecule has 34 valence electrons. The van der Waals surface area contributed by atoms with Crippen LogP contribution in [0.2, 0.25) is 0 Å². The van der Waals surface area contributed by atoms with Gasteiger partial charge in [-0.25, -0.2) is 0 Å². The van der Waals surface area contributed by atoms with Crippen LogP contribution in [0.1, 0.15) is 0 Å². The standard InChI is InChI=1S/C2H6OS.H2Se/c1-4(2)3;/h1-2H3;1H2. The minimum atomic E-state index is -0.611. The quantitative estimate of drug-likeness (QED) is 0.331. The fourth-order valence-corrected chi connectivity index (χ4v) is 0. The minimum absolute atomic E-state index is 0. The van der Waals surface area contributed by atoms with Gasteiger partial charge in [0.05, 0.1) is 12.5 Å². The first kappa shape index (κ1) is 9.27. The van der Waals surface area contributed by atoms with Gasteiger partial charge in [-0.15, -0.1) is 0 Å². The summed E-state index contributed by atoms with van der Waals surface area (Å²) in [5, 5.41) is 0. The molecule has 0 rings (SSSR count). The molecule has 0 aliphatic heterocycles. The second-order valence-electron chi connectivity index (χ2n) is 0.742. The van der Waals surface area contributed by atoms with E-state index in [0.717, 1.165) is 0 Å². The molecule has 1 nitrogen and oxygen atoms in total. The Hall–Kier alpha value is 0.829. The summed E-state index contributed by atoms with van der Waals surface area (Å²) in [5.41, 5.74) is 0. The van der Waals surface area contributed by atoms with E-state index in [9.17, 15) is 4.55 Å². The monoisotopic (exact) mass is 160 g/mol. The zero-order valence-corrected chi connectivity index (χ0v) is 6.23. The molecule has 0 aromatic rings. The van der Waals surface area contributed by atoms with Gasteiger partial charge < -0.3 is 4.55 Å². The maximum atomic E-state index is 9.56. The summed E-state index contributed by atoms with van der Waals surface area (Å²) in [5.74, 6) is 0. The van der Waals surface area contributed by atoms with Gasteiger partial charge in [0.2, 0.25) is 0 Å². The van der Waals surface area contributed by atoms with Crippen molar-refractivity contribution in [3.63, 3.8) is 0 Å². The zero-order chi connectivity index (χ0) is 3.58. The van der Waals surface area contributed by atoms with Crippen molar-refractivity contribution < 1.29 is 4.55 Å². The molecule has 0 amide bonds. The first-order valence-electron chi connectivity index (χ1n) is 0.983. The van der Waals surface area contributed by atoms with Crippen LogP contribution in [0.4, 0.5) is 0 Å². The average Bonchev–Trinajstić information content (AvgIpc) is 0.811. The van der Waals surface area contributed by atoms with Crippen molar-refractivity contribution in [2.24, 2.45) is 0 Å². The topological polar surface area (TPSA) is 23.1 Å². The Labute approximate surface area is 45.8 Å². The third-order valence-electron chi connectivity index (χ3n) is 0. The summed E-state index contributed by atoms with van der Waals surface area (Å²) in [4.78, 5) is 0. The molecule has 3 heteroatoms. The predicted molar refractivity (Wildman–Crippen MR) is 28.5 cm³/mol. The molecular weight excluding hydrogens is 151 g/mol. The normalized spacial score (nSPS) is 7.20. The van der Waals surface area contributed by atoms with Crippen molar-refractivity contribution >= 4 is 28.2 Å². The Morgan fingerprint density at radius 2 is 1.40 bits per heavy atom. The zero-order valence-electron chi connectivity index (χ0n) is 3.32. The molecule has 0 aromatic heterocycles. The van der Waals surface area contributed by atoms with Crippen molar-refractivity contribution in [3.05, 3.63) is 0 Å². The molecule has 0 radical (unpaired) electrons. The predicted octanol–water partition coefficient (Wildman–Crippen LogP) is -0.921. The van der Waals surface area contributed by atoms with Crippen LogP contribution in [0.15, 0.2) is 0 Å². The summed E-state index contributed by atoms with van der Waals surface area (Å²) in [6, 6.07) is 0. The number of hydrogen-bond donors (Lipinski definition) is 0. The van der Waals surface area contributed by atoms with E-state index in [1.54, 1.807) is 12.5 Å². The Morgan fingerprint density at radius 1 is 1.40 bits per heavy atom. The van der Waals surface area contributed by atoms with E-state index in [1.165, 1.54) is 0 Å². The second-order valence-corrected chi connectivity index (χ2v) is 2.22. The van der Waals surface area contributed by atoms with Crippen LogP contribution in [0.25, 0.3) is 0 Å². The van der Waals surface area contributed by atoms with Gasteiger partial charge >= 0.3 is 17.1 Å². The van der Waals surface area contributed by atoms with Crippen molar-refractivity contribution in [1.82, 2.24) is 0 Å². The van der Waals surface area contributed by atoms with Crippen LogP contribution >= 0.6 is 0 Å². The summed E-state index contributed by atoms with van der Waals surface area (Å²) in [6.45, 7) is 0. The van der Waals surface area contributed by atoms with Crippen molar-refractivity contribution in [1.29, 1.82) is 0 Å². The van der Waals surface area contributed by atoms with Gasteiger partial charge in [0.15, 0.2) is 0 Å². The molecule has 0 heterocycles.